The SMILES string of the molecule is Cc1cccc(NC(=O)CC2CNC(=O)c3cnc(-c4ccccc4C#N)n32)c1. The quantitative estimate of drug-likeness (QED) is 0.721. The molecule has 1 aromatic heterocycles. The lowest BCUT2D eigenvalue weighted by Crippen LogP contribution is -2.40. The first-order chi connectivity index (χ1) is 14.1. The zero-order valence-corrected chi connectivity index (χ0v) is 15.8. The van der Waals surface area contributed by atoms with Crippen LogP contribution in [0.4, 0.5) is 5.69 Å². The summed E-state index contributed by atoms with van der Waals surface area (Å²) in [7, 11) is 0. The van der Waals surface area contributed by atoms with Crippen molar-refractivity contribution in [2.75, 3.05) is 11.9 Å². The van der Waals surface area contributed by atoms with Gasteiger partial charge in [0.05, 0.1) is 23.9 Å². The Labute approximate surface area is 168 Å². The summed E-state index contributed by atoms with van der Waals surface area (Å²) in [5, 5.41) is 15.2. The minimum atomic E-state index is -0.309. The number of carbonyl (C=O) groups excluding carboxylic acids is 2. The predicted octanol–water partition coefficient (Wildman–Crippen LogP) is 3.04. The summed E-state index contributed by atoms with van der Waals surface area (Å²) in [5.41, 5.74) is 3.28. The van der Waals surface area contributed by atoms with Gasteiger partial charge in [0.2, 0.25) is 5.91 Å². The van der Waals surface area contributed by atoms with Gasteiger partial charge in [0.25, 0.3) is 5.91 Å². The van der Waals surface area contributed by atoms with Crippen LogP contribution in [0, 0.1) is 18.3 Å². The first-order valence-corrected chi connectivity index (χ1v) is 9.28. The highest BCUT2D eigenvalue weighted by Crippen LogP contribution is 2.30. The molecule has 7 heteroatoms. The van der Waals surface area contributed by atoms with E-state index in [1.165, 1.54) is 6.20 Å². The van der Waals surface area contributed by atoms with Crippen LogP contribution in [0.3, 0.4) is 0 Å². The molecule has 1 unspecified atom stereocenters. The smallest absolute Gasteiger partial charge is 0.269 e. The minimum absolute atomic E-state index is 0.157. The van der Waals surface area contributed by atoms with Gasteiger partial charge in [-0.05, 0) is 36.8 Å². The van der Waals surface area contributed by atoms with E-state index in [4.69, 9.17) is 0 Å². The maximum absolute atomic E-state index is 12.7. The number of amides is 2. The van der Waals surface area contributed by atoms with Crippen LogP contribution in [0.25, 0.3) is 11.4 Å². The summed E-state index contributed by atoms with van der Waals surface area (Å²) in [6.45, 7) is 2.27. The number of imidazole rings is 1. The zero-order valence-electron chi connectivity index (χ0n) is 15.8. The van der Waals surface area contributed by atoms with Gasteiger partial charge in [-0.3, -0.25) is 9.59 Å². The van der Waals surface area contributed by atoms with Crippen molar-refractivity contribution in [1.29, 1.82) is 5.26 Å². The molecule has 1 aliphatic heterocycles. The van der Waals surface area contributed by atoms with E-state index in [1.807, 2.05) is 37.3 Å². The van der Waals surface area contributed by atoms with Gasteiger partial charge < -0.3 is 15.2 Å². The summed E-state index contributed by atoms with van der Waals surface area (Å²) in [5.74, 6) is 0.116. The van der Waals surface area contributed by atoms with E-state index in [0.717, 1.165) is 11.3 Å². The molecule has 7 nitrogen and oxygen atoms in total. The fraction of sp³-hybridized carbons (Fsp3) is 0.182. The fourth-order valence-corrected chi connectivity index (χ4v) is 3.58. The Balaban J connectivity index is 1.65. The Hall–Kier alpha value is -3.92. The molecule has 0 aliphatic carbocycles. The summed E-state index contributed by atoms with van der Waals surface area (Å²) in [6, 6.07) is 16.5. The number of nitriles is 1. The molecule has 0 spiro atoms. The highest BCUT2D eigenvalue weighted by atomic mass is 16.2. The molecule has 2 heterocycles. The van der Waals surface area contributed by atoms with Crippen LogP contribution in [-0.4, -0.2) is 27.9 Å². The Kier molecular flexibility index (Phi) is 4.83. The second-order valence-corrected chi connectivity index (χ2v) is 6.98. The van der Waals surface area contributed by atoms with E-state index in [9.17, 15) is 14.9 Å². The molecule has 1 aliphatic rings. The molecule has 29 heavy (non-hydrogen) atoms. The van der Waals surface area contributed by atoms with Crippen molar-refractivity contribution in [3.63, 3.8) is 0 Å². The Morgan fingerprint density at radius 1 is 1.31 bits per heavy atom. The summed E-state index contributed by atoms with van der Waals surface area (Å²) >= 11 is 0. The van der Waals surface area contributed by atoms with Gasteiger partial charge in [0.15, 0.2) is 0 Å². The monoisotopic (exact) mass is 385 g/mol. The average Bonchev–Trinajstić information content (AvgIpc) is 3.16. The van der Waals surface area contributed by atoms with Crippen molar-refractivity contribution < 1.29 is 9.59 Å². The van der Waals surface area contributed by atoms with E-state index in [0.29, 0.717) is 29.2 Å². The minimum Gasteiger partial charge on any atom is -0.349 e. The normalized spacial score (nSPS) is 15.2. The van der Waals surface area contributed by atoms with Crippen molar-refractivity contribution in [3.8, 4) is 17.5 Å². The first kappa shape index (κ1) is 18.4. The highest BCUT2D eigenvalue weighted by molar-refractivity contribution is 5.95. The molecule has 2 aromatic carbocycles. The Morgan fingerprint density at radius 3 is 2.93 bits per heavy atom. The summed E-state index contributed by atoms with van der Waals surface area (Å²) < 4.78 is 1.77. The first-order valence-electron chi connectivity index (χ1n) is 9.28. The lowest BCUT2D eigenvalue weighted by Gasteiger charge is -2.27. The van der Waals surface area contributed by atoms with E-state index in [1.54, 1.807) is 22.8 Å². The van der Waals surface area contributed by atoms with Crippen molar-refractivity contribution in [3.05, 3.63) is 71.5 Å². The predicted molar refractivity (Wildman–Crippen MR) is 108 cm³/mol. The summed E-state index contributed by atoms with van der Waals surface area (Å²) in [4.78, 5) is 29.4. The van der Waals surface area contributed by atoms with Crippen LogP contribution in [0.5, 0.6) is 0 Å². The largest absolute Gasteiger partial charge is 0.349 e. The van der Waals surface area contributed by atoms with E-state index >= 15 is 0 Å². The van der Waals surface area contributed by atoms with E-state index in [-0.39, 0.29) is 24.3 Å². The topological polar surface area (TPSA) is 99.8 Å². The van der Waals surface area contributed by atoms with Crippen LogP contribution in [0.2, 0.25) is 0 Å². The molecular formula is C22H19N5O2. The molecule has 2 N–H and O–H groups in total. The molecule has 0 fully saturated rings. The number of aryl methyl sites for hydroxylation is 1. The molecule has 2 amide bonds. The van der Waals surface area contributed by atoms with Gasteiger partial charge in [-0.15, -0.1) is 0 Å². The number of anilines is 1. The van der Waals surface area contributed by atoms with Gasteiger partial charge >= 0.3 is 0 Å². The fourth-order valence-electron chi connectivity index (χ4n) is 3.58. The van der Waals surface area contributed by atoms with Gasteiger partial charge in [-0.1, -0.05) is 24.3 Å². The molecule has 0 bridgehead atoms. The van der Waals surface area contributed by atoms with Crippen LogP contribution in [0.15, 0.2) is 54.7 Å². The number of nitrogens with one attached hydrogen (secondary N) is 2. The van der Waals surface area contributed by atoms with Crippen molar-refractivity contribution >= 4 is 17.5 Å². The van der Waals surface area contributed by atoms with Gasteiger partial charge in [-0.2, -0.15) is 5.26 Å². The standard InChI is InChI=1S/C22H19N5O2/c1-14-5-4-7-16(9-14)26-20(28)10-17-12-25-22(29)19-13-24-21(27(17)19)18-8-3-2-6-15(18)11-23/h2-9,13,17H,10,12H2,1H3,(H,25,29)(H,26,28). The molecule has 0 saturated carbocycles. The third-order valence-electron chi connectivity index (χ3n) is 4.90. The number of carbonyl (C=O) groups is 2. The lowest BCUT2D eigenvalue weighted by atomic mass is 10.1. The molecule has 0 saturated heterocycles. The van der Waals surface area contributed by atoms with Gasteiger partial charge in [0, 0.05) is 24.2 Å². The third-order valence-corrected chi connectivity index (χ3v) is 4.90. The maximum atomic E-state index is 12.7. The molecular weight excluding hydrogens is 366 g/mol. The van der Waals surface area contributed by atoms with Crippen molar-refractivity contribution in [2.24, 2.45) is 0 Å². The number of nitrogens with zero attached hydrogens (tertiary/aromatic N) is 3. The number of benzene rings is 2. The molecule has 3 aromatic rings. The number of hydrogen-bond donors (Lipinski definition) is 2. The van der Waals surface area contributed by atoms with E-state index < -0.39 is 0 Å². The Morgan fingerprint density at radius 2 is 2.14 bits per heavy atom. The maximum Gasteiger partial charge on any atom is 0.269 e. The number of aromatic nitrogens is 2. The number of fused-ring (bicyclic) bond motifs is 1. The van der Waals surface area contributed by atoms with E-state index in [2.05, 4.69) is 21.7 Å². The Bertz CT molecular complexity index is 1140. The lowest BCUT2D eigenvalue weighted by molar-refractivity contribution is -0.117. The van der Waals surface area contributed by atoms with Gasteiger partial charge in [-0.25, -0.2) is 4.98 Å². The zero-order chi connectivity index (χ0) is 20.4. The molecule has 144 valence electrons. The van der Waals surface area contributed by atoms with Crippen molar-refractivity contribution in [1.82, 2.24) is 14.9 Å². The van der Waals surface area contributed by atoms with Crippen LogP contribution in [0.1, 0.15) is 34.1 Å². The highest BCUT2D eigenvalue weighted by Gasteiger charge is 2.30. The number of rotatable bonds is 4. The summed E-state index contributed by atoms with van der Waals surface area (Å²) in [6.07, 6.45) is 1.66. The van der Waals surface area contributed by atoms with Gasteiger partial charge in [0.1, 0.15) is 11.5 Å². The van der Waals surface area contributed by atoms with Crippen molar-refractivity contribution in [2.45, 2.75) is 19.4 Å². The van der Waals surface area contributed by atoms with Crippen LogP contribution >= 0.6 is 0 Å². The molecule has 1 atom stereocenters. The van der Waals surface area contributed by atoms with Crippen LogP contribution in [-0.2, 0) is 4.79 Å². The third kappa shape index (κ3) is 3.60. The second kappa shape index (κ2) is 7.60. The molecule has 4 rings (SSSR count). The van der Waals surface area contributed by atoms with Crippen LogP contribution < -0.4 is 10.6 Å². The number of hydrogen-bond acceptors (Lipinski definition) is 4. The molecule has 0 radical (unpaired) electrons. The average molecular weight is 385 g/mol. The second-order valence-electron chi connectivity index (χ2n) is 6.98.